The number of ether oxygens (including phenoxy) is 2. The van der Waals surface area contributed by atoms with Gasteiger partial charge in [-0.3, -0.25) is 0 Å². The van der Waals surface area contributed by atoms with Gasteiger partial charge in [0, 0.05) is 12.2 Å². The zero-order valence-corrected chi connectivity index (χ0v) is 14.9. The number of nitrogens with zero attached hydrogens (tertiary/aromatic N) is 5. The van der Waals surface area contributed by atoms with Crippen LogP contribution in [-0.2, 0) is 11.3 Å². The summed E-state index contributed by atoms with van der Waals surface area (Å²) in [4.78, 5) is 2.16. The minimum atomic E-state index is -0.266. The second kappa shape index (κ2) is 7.48. The molecule has 7 nitrogen and oxygen atoms in total. The van der Waals surface area contributed by atoms with Crippen LogP contribution < -0.4 is 9.64 Å². The molecular weight excluding hydrogens is 342 g/mol. The van der Waals surface area contributed by atoms with Crippen molar-refractivity contribution in [3.63, 3.8) is 0 Å². The second-order valence-corrected chi connectivity index (χ2v) is 6.27. The lowest BCUT2D eigenvalue weighted by atomic mass is 10.1. The van der Waals surface area contributed by atoms with Gasteiger partial charge >= 0.3 is 0 Å². The molecule has 0 amide bonds. The number of benzene rings is 2. The molecule has 0 N–H and O–H groups in total. The number of aromatic nitrogens is 3. The summed E-state index contributed by atoms with van der Waals surface area (Å²) in [5.74, 6) is 0.820. The van der Waals surface area contributed by atoms with Crippen molar-refractivity contribution in [1.82, 2.24) is 15.0 Å². The molecule has 7 heteroatoms. The van der Waals surface area contributed by atoms with Crippen molar-refractivity contribution in [2.45, 2.75) is 12.8 Å². The normalized spacial score (nSPS) is 16.3. The van der Waals surface area contributed by atoms with Gasteiger partial charge in [-0.1, -0.05) is 17.3 Å². The Labute approximate surface area is 157 Å². The van der Waals surface area contributed by atoms with Crippen LogP contribution in [0.25, 0.3) is 0 Å². The lowest BCUT2D eigenvalue weighted by molar-refractivity contribution is 0.110. The molecule has 0 aliphatic carbocycles. The zero-order chi connectivity index (χ0) is 18.6. The molecular formula is C20H19N5O2. The Hall–Kier alpha value is -3.37. The molecule has 0 saturated carbocycles. The molecule has 0 radical (unpaired) electrons. The van der Waals surface area contributed by atoms with Crippen molar-refractivity contribution >= 4 is 5.69 Å². The summed E-state index contributed by atoms with van der Waals surface area (Å²) in [6, 6.07) is 17.5. The fourth-order valence-electron chi connectivity index (χ4n) is 3.18. The third kappa shape index (κ3) is 3.61. The van der Waals surface area contributed by atoms with Gasteiger partial charge in [-0.05, 0) is 42.0 Å². The zero-order valence-electron chi connectivity index (χ0n) is 14.9. The summed E-state index contributed by atoms with van der Waals surface area (Å²) in [5.41, 5.74) is 3.46. The molecule has 0 bridgehead atoms. The van der Waals surface area contributed by atoms with Crippen molar-refractivity contribution in [2.75, 3.05) is 25.2 Å². The Bertz CT molecular complexity index is 961. The van der Waals surface area contributed by atoms with E-state index in [1.807, 2.05) is 48.7 Å². The van der Waals surface area contributed by atoms with Crippen LogP contribution >= 0.6 is 0 Å². The number of hydrogen-bond acceptors (Lipinski definition) is 6. The highest BCUT2D eigenvalue weighted by atomic mass is 16.5. The van der Waals surface area contributed by atoms with E-state index < -0.39 is 0 Å². The lowest BCUT2D eigenvalue weighted by Gasteiger charge is -2.23. The van der Waals surface area contributed by atoms with Gasteiger partial charge in [0.25, 0.3) is 0 Å². The van der Waals surface area contributed by atoms with Crippen LogP contribution in [0.15, 0.2) is 54.7 Å². The lowest BCUT2D eigenvalue weighted by Crippen LogP contribution is -2.23. The highest BCUT2D eigenvalue weighted by Gasteiger charge is 2.29. The first kappa shape index (κ1) is 17.1. The van der Waals surface area contributed by atoms with Gasteiger partial charge in [-0.2, -0.15) is 5.26 Å². The van der Waals surface area contributed by atoms with E-state index in [4.69, 9.17) is 14.7 Å². The first-order chi connectivity index (χ1) is 13.3. The standard InChI is InChI=1S/C20H19N5O2/c1-26-18-7-5-17(6-8-18)25-9-10-27-20(25)19-14-24(23-22-19)13-16-4-2-3-15(11-16)12-21/h2-8,11,14,20H,9-10,13H2,1H3/t20-/m0/s1. The van der Waals surface area contributed by atoms with Gasteiger partial charge in [0.15, 0.2) is 6.23 Å². The van der Waals surface area contributed by atoms with E-state index in [2.05, 4.69) is 21.3 Å². The SMILES string of the molecule is COc1ccc(N2CCO[C@H]2c2cn(Cc3cccc(C#N)c3)nn2)cc1. The van der Waals surface area contributed by atoms with Gasteiger partial charge in [0.1, 0.15) is 11.4 Å². The van der Waals surface area contributed by atoms with Gasteiger partial charge in [-0.25, -0.2) is 4.68 Å². The molecule has 1 aromatic heterocycles. The predicted octanol–water partition coefficient (Wildman–Crippen LogP) is 2.74. The van der Waals surface area contributed by atoms with Crippen LogP contribution in [-0.4, -0.2) is 35.3 Å². The number of hydrogen-bond donors (Lipinski definition) is 0. The Morgan fingerprint density at radius 3 is 2.89 bits per heavy atom. The minimum Gasteiger partial charge on any atom is -0.497 e. The van der Waals surface area contributed by atoms with Gasteiger partial charge in [0.05, 0.1) is 38.1 Å². The maximum Gasteiger partial charge on any atom is 0.177 e. The van der Waals surface area contributed by atoms with Crippen molar-refractivity contribution < 1.29 is 9.47 Å². The summed E-state index contributed by atoms with van der Waals surface area (Å²) in [6.07, 6.45) is 1.63. The molecule has 3 aromatic rings. The van der Waals surface area contributed by atoms with Crippen LogP contribution in [0.1, 0.15) is 23.0 Å². The Morgan fingerprint density at radius 1 is 1.26 bits per heavy atom. The molecule has 27 heavy (non-hydrogen) atoms. The third-order valence-electron chi connectivity index (χ3n) is 4.51. The molecule has 0 spiro atoms. The van der Waals surface area contributed by atoms with Crippen molar-refractivity contribution in [2.24, 2.45) is 0 Å². The summed E-state index contributed by atoms with van der Waals surface area (Å²) < 4.78 is 12.9. The average Bonchev–Trinajstić information content (AvgIpc) is 3.37. The van der Waals surface area contributed by atoms with Crippen LogP contribution in [0.2, 0.25) is 0 Å². The average molecular weight is 361 g/mol. The van der Waals surface area contributed by atoms with Gasteiger partial charge in [-0.15, -0.1) is 5.10 Å². The maximum atomic E-state index is 9.03. The van der Waals surface area contributed by atoms with Crippen molar-refractivity contribution in [1.29, 1.82) is 5.26 Å². The molecule has 1 aliphatic heterocycles. The van der Waals surface area contributed by atoms with E-state index in [0.29, 0.717) is 18.7 Å². The highest BCUT2D eigenvalue weighted by molar-refractivity contribution is 5.50. The fraction of sp³-hybridized carbons (Fsp3) is 0.250. The van der Waals surface area contributed by atoms with E-state index in [9.17, 15) is 0 Å². The van der Waals surface area contributed by atoms with Crippen LogP contribution in [0.4, 0.5) is 5.69 Å². The van der Waals surface area contributed by atoms with E-state index in [1.165, 1.54) is 0 Å². The van der Waals surface area contributed by atoms with Crippen LogP contribution in [0, 0.1) is 11.3 Å². The van der Waals surface area contributed by atoms with E-state index >= 15 is 0 Å². The molecule has 2 aromatic carbocycles. The van der Waals surface area contributed by atoms with E-state index in [0.717, 1.165) is 29.2 Å². The number of methoxy groups -OCH3 is 1. The molecule has 4 rings (SSSR count). The van der Waals surface area contributed by atoms with Crippen molar-refractivity contribution in [3.8, 4) is 11.8 Å². The second-order valence-electron chi connectivity index (χ2n) is 6.27. The topological polar surface area (TPSA) is 76.2 Å². The largest absolute Gasteiger partial charge is 0.497 e. The first-order valence-electron chi connectivity index (χ1n) is 8.68. The summed E-state index contributed by atoms with van der Waals surface area (Å²) >= 11 is 0. The maximum absolute atomic E-state index is 9.03. The Morgan fingerprint density at radius 2 is 2.11 bits per heavy atom. The molecule has 1 fully saturated rings. The van der Waals surface area contributed by atoms with Gasteiger partial charge < -0.3 is 14.4 Å². The Kier molecular flexibility index (Phi) is 4.73. The number of rotatable bonds is 5. The summed E-state index contributed by atoms with van der Waals surface area (Å²) in [6.45, 7) is 1.97. The number of anilines is 1. The van der Waals surface area contributed by atoms with Gasteiger partial charge in [0.2, 0.25) is 0 Å². The predicted molar refractivity (Wildman–Crippen MR) is 99.3 cm³/mol. The smallest absolute Gasteiger partial charge is 0.177 e. The quantitative estimate of drug-likeness (QED) is 0.695. The summed E-state index contributed by atoms with van der Waals surface area (Å²) in [5, 5.41) is 17.6. The molecule has 1 aliphatic rings. The molecule has 1 saturated heterocycles. The van der Waals surface area contributed by atoms with E-state index in [1.54, 1.807) is 17.9 Å². The third-order valence-corrected chi connectivity index (χ3v) is 4.51. The molecule has 136 valence electrons. The van der Waals surface area contributed by atoms with Crippen molar-refractivity contribution in [3.05, 3.63) is 71.5 Å². The highest BCUT2D eigenvalue weighted by Crippen LogP contribution is 2.32. The first-order valence-corrected chi connectivity index (χ1v) is 8.68. The molecule has 0 unspecified atom stereocenters. The van der Waals surface area contributed by atoms with E-state index in [-0.39, 0.29) is 6.23 Å². The number of nitriles is 1. The minimum absolute atomic E-state index is 0.266. The van der Waals surface area contributed by atoms with Crippen LogP contribution in [0.5, 0.6) is 5.75 Å². The monoisotopic (exact) mass is 361 g/mol. The molecule has 1 atom stereocenters. The Balaban J connectivity index is 1.52. The fourth-order valence-corrected chi connectivity index (χ4v) is 3.18. The van der Waals surface area contributed by atoms with Crippen LogP contribution in [0.3, 0.4) is 0 Å². The molecule has 2 heterocycles. The summed E-state index contributed by atoms with van der Waals surface area (Å²) in [7, 11) is 1.65.